The van der Waals surface area contributed by atoms with Gasteiger partial charge in [-0.15, -0.1) is 0 Å². The Kier molecular flexibility index (Phi) is 3.07. The number of nitrogens with zero attached hydrogens (tertiary/aromatic N) is 1. The van der Waals surface area contributed by atoms with Crippen LogP contribution >= 0.6 is 0 Å². The summed E-state index contributed by atoms with van der Waals surface area (Å²) >= 11 is 0. The molecule has 1 aromatic carbocycles. The molecule has 1 amide bonds. The molecule has 1 fully saturated rings. The van der Waals surface area contributed by atoms with Crippen molar-refractivity contribution in [3.8, 4) is 0 Å². The number of halogens is 2. The summed E-state index contributed by atoms with van der Waals surface area (Å²) in [6.45, 7) is -0.266. The molecule has 0 radical (unpaired) electrons. The Morgan fingerprint density at radius 2 is 2.00 bits per heavy atom. The van der Waals surface area contributed by atoms with Crippen LogP contribution in [0.3, 0.4) is 0 Å². The molecular formula is C10H10F2N2O3S. The highest BCUT2D eigenvalue weighted by molar-refractivity contribution is 7.89. The molecule has 18 heavy (non-hydrogen) atoms. The second kappa shape index (κ2) is 4.29. The lowest BCUT2D eigenvalue weighted by molar-refractivity contribution is -0.117. The summed E-state index contributed by atoms with van der Waals surface area (Å²) in [7, 11) is -3.88. The van der Waals surface area contributed by atoms with E-state index in [1.54, 1.807) is 0 Å². The minimum absolute atomic E-state index is 0.266. The molecule has 0 aliphatic carbocycles. The van der Waals surface area contributed by atoms with Gasteiger partial charge in [-0.05, 0) is 12.1 Å². The molecule has 0 aromatic heterocycles. The molecule has 1 atom stereocenters. The van der Waals surface area contributed by atoms with Gasteiger partial charge in [0.25, 0.3) is 0 Å². The van der Waals surface area contributed by atoms with Crippen molar-refractivity contribution in [2.24, 2.45) is 5.14 Å². The van der Waals surface area contributed by atoms with Gasteiger partial charge in [-0.2, -0.15) is 0 Å². The molecule has 2 N–H and O–H groups in total. The third-order valence-electron chi connectivity index (χ3n) is 2.75. The number of amides is 1. The normalized spacial score (nSPS) is 20.5. The van der Waals surface area contributed by atoms with E-state index in [-0.39, 0.29) is 18.7 Å². The zero-order valence-electron chi connectivity index (χ0n) is 9.14. The number of hydrogen-bond donors (Lipinski definition) is 1. The van der Waals surface area contributed by atoms with E-state index in [2.05, 4.69) is 0 Å². The van der Waals surface area contributed by atoms with Crippen LogP contribution in [-0.2, 0) is 14.8 Å². The van der Waals surface area contributed by atoms with Crippen molar-refractivity contribution in [1.29, 1.82) is 0 Å². The molecule has 1 unspecified atom stereocenters. The number of anilines is 1. The average Bonchev–Trinajstić information content (AvgIpc) is 2.64. The van der Waals surface area contributed by atoms with Gasteiger partial charge < -0.3 is 4.90 Å². The van der Waals surface area contributed by atoms with Crippen LogP contribution in [0.5, 0.6) is 0 Å². The van der Waals surface area contributed by atoms with Gasteiger partial charge in [-0.25, -0.2) is 22.3 Å². The smallest absolute Gasteiger partial charge is 0.228 e. The fourth-order valence-corrected chi connectivity index (χ4v) is 2.55. The van der Waals surface area contributed by atoms with Crippen molar-refractivity contribution < 1.29 is 22.0 Å². The van der Waals surface area contributed by atoms with Gasteiger partial charge in [-0.3, -0.25) is 4.79 Å². The number of carbonyl (C=O) groups excluding carboxylic acids is 1. The quantitative estimate of drug-likeness (QED) is 0.846. The van der Waals surface area contributed by atoms with E-state index >= 15 is 0 Å². The predicted molar refractivity (Wildman–Crippen MR) is 60.2 cm³/mol. The lowest BCUT2D eigenvalue weighted by Gasteiger charge is -2.17. The first kappa shape index (κ1) is 12.9. The Hall–Kier alpha value is -1.54. The highest BCUT2D eigenvalue weighted by Gasteiger charge is 2.38. The standard InChI is InChI=1S/C10H10F2N2O3S/c11-6-1-2-8(12)9(3-6)14-5-7(4-10(14)15)18(13,16)17/h1-3,7H,4-5H2,(H2,13,16,17). The molecule has 0 saturated carbocycles. The summed E-state index contributed by atoms with van der Waals surface area (Å²) in [5.74, 6) is -2.10. The number of benzene rings is 1. The zero-order chi connectivity index (χ0) is 13.5. The molecule has 1 heterocycles. The fourth-order valence-electron chi connectivity index (χ4n) is 1.82. The molecule has 1 aliphatic rings. The SMILES string of the molecule is NS(=O)(=O)C1CC(=O)N(c2cc(F)ccc2F)C1. The van der Waals surface area contributed by atoms with E-state index in [9.17, 15) is 22.0 Å². The topological polar surface area (TPSA) is 80.5 Å². The van der Waals surface area contributed by atoms with Crippen molar-refractivity contribution in [3.05, 3.63) is 29.8 Å². The summed E-state index contributed by atoms with van der Waals surface area (Å²) in [5.41, 5.74) is -0.272. The van der Waals surface area contributed by atoms with E-state index in [0.29, 0.717) is 0 Å². The van der Waals surface area contributed by atoms with Crippen LogP contribution in [0, 0.1) is 11.6 Å². The molecule has 1 aromatic rings. The highest BCUT2D eigenvalue weighted by atomic mass is 32.2. The third kappa shape index (κ3) is 2.34. The lowest BCUT2D eigenvalue weighted by atomic mass is 10.2. The third-order valence-corrected chi connectivity index (χ3v) is 4.00. The number of rotatable bonds is 2. The maximum absolute atomic E-state index is 13.5. The summed E-state index contributed by atoms with van der Waals surface area (Å²) in [4.78, 5) is 12.5. The number of sulfonamides is 1. The van der Waals surface area contributed by atoms with E-state index in [1.165, 1.54) is 0 Å². The van der Waals surface area contributed by atoms with E-state index < -0.39 is 32.8 Å². The lowest BCUT2D eigenvalue weighted by Crippen LogP contribution is -2.32. The molecule has 1 aliphatic heterocycles. The molecule has 8 heteroatoms. The van der Waals surface area contributed by atoms with E-state index in [0.717, 1.165) is 23.1 Å². The zero-order valence-corrected chi connectivity index (χ0v) is 9.95. The van der Waals surface area contributed by atoms with Crippen molar-refractivity contribution >= 4 is 21.6 Å². The van der Waals surface area contributed by atoms with Crippen LogP contribution in [0.2, 0.25) is 0 Å². The molecule has 0 bridgehead atoms. The first-order valence-corrected chi connectivity index (χ1v) is 6.67. The monoisotopic (exact) mass is 276 g/mol. The van der Waals surface area contributed by atoms with E-state index in [4.69, 9.17) is 5.14 Å². The maximum Gasteiger partial charge on any atom is 0.228 e. The van der Waals surface area contributed by atoms with Gasteiger partial charge in [0.05, 0.1) is 5.69 Å². The van der Waals surface area contributed by atoms with Crippen molar-refractivity contribution in [2.75, 3.05) is 11.4 Å². The second-order valence-corrected chi connectivity index (χ2v) is 5.86. The Labute approximate surface area is 102 Å². The van der Waals surface area contributed by atoms with Gasteiger partial charge >= 0.3 is 0 Å². The van der Waals surface area contributed by atoms with Crippen molar-refractivity contribution in [3.63, 3.8) is 0 Å². The minimum Gasteiger partial charge on any atom is -0.308 e. The average molecular weight is 276 g/mol. The number of primary sulfonamides is 1. The Morgan fingerprint density at radius 3 is 2.56 bits per heavy atom. The maximum atomic E-state index is 13.5. The molecule has 1 saturated heterocycles. The number of carbonyl (C=O) groups is 1. The molecule has 0 spiro atoms. The molecule has 98 valence electrons. The molecule has 2 rings (SSSR count). The summed E-state index contributed by atoms with van der Waals surface area (Å²) < 4.78 is 48.8. The minimum atomic E-state index is -3.88. The first-order valence-electron chi connectivity index (χ1n) is 5.06. The van der Waals surface area contributed by atoms with Crippen molar-refractivity contribution in [2.45, 2.75) is 11.7 Å². The van der Waals surface area contributed by atoms with Crippen molar-refractivity contribution in [1.82, 2.24) is 0 Å². The molecule has 5 nitrogen and oxygen atoms in total. The molecular weight excluding hydrogens is 266 g/mol. The van der Waals surface area contributed by atoms with Gasteiger partial charge in [0.15, 0.2) is 0 Å². The number of nitrogens with two attached hydrogens (primary N) is 1. The van der Waals surface area contributed by atoms with Gasteiger partial charge in [0.1, 0.15) is 16.9 Å². The van der Waals surface area contributed by atoms with Crippen LogP contribution in [0.15, 0.2) is 18.2 Å². The van der Waals surface area contributed by atoms with Gasteiger partial charge in [0, 0.05) is 19.0 Å². The van der Waals surface area contributed by atoms with Crippen LogP contribution in [0.4, 0.5) is 14.5 Å². The highest BCUT2D eigenvalue weighted by Crippen LogP contribution is 2.27. The van der Waals surface area contributed by atoms with E-state index in [1.807, 2.05) is 0 Å². The Bertz CT molecular complexity index is 603. The second-order valence-electron chi connectivity index (χ2n) is 4.02. The number of hydrogen-bond acceptors (Lipinski definition) is 3. The van der Waals surface area contributed by atoms with Crippen LogP contribution in [0.25, 0.3) is 0 Å². The summed E-state index contributed by atoms with van der Waals surface area (Å²) in [6, 6.07) is 2.64. The first-order chi connectivity index (χ1) is 8.29. The Balaban J connectivity index is 2.35. The van der Waals surface area contributed by atoms with Crippen LogP contribution < -0.4 is 10.0 Å². The van der Waals surface area contributed by atoms with Crippen LogP contribution in [-0.4, -0.2) is 26.1 Å². The fraction of sp³-hybridized carbons (Fsp3) is 0.300. The van der Waals surface area contributed by atoms with Crippen LogP contribution in [0.1, 0.15) is 6.42 Å². The Morgan fingerprint density at radius 1 is 1.33 bits per heavy atom. The van der Waals surface area contributed by atoms with Gasteiger partial charge in [0.2, 0.25) is 15.9 Å². The summed E-state index contributed by atoms with van der Waals surface area (Å²) in [5, 5.41) is 3.85. The predicted octanol–water partition coefficient (Wildman–Crippen LogP) is 0.359. The summed E-state index contributed by atoms with van der Waals surface area (Å²) in [6.07, 6.45) is -0.325. The largest absolute Gasteiger partial charge is 0.308 e. The van der Waals surface area contributed by atoms with Gasteiger partial charge in [-0.1, -0.05) is 0 Å².